The van der Waals surface area contributed by atoms with Crippen LogP contribution in [-0.4, -0.2) is 12.0 Å². The highest BCUT2D eigenvalue weighted by Crippen LogP contribution is 2.58. The molecule has 1 aliphatic heterocycles. The minimum Gasteiger partial charge on any atom is -0.489 e. The lowest BCUT2D eigenvalue weighted by Crippen LogP contribution is -2.30. The van der Waals surface area contributed by atoms with Crippen molar-refractivity contribution in [3.8, 4) is 5.75 Å². The number of amides is 1. The molecule has 2 aromatic carbocycles. The zero-order valence-corrected chi connectivity index (χ0v) is 14.0. The Bertz CT molecular complexity index is 777. The standard InChI is InChI=1S/C18H15BrFNO2/c1-9(10-2-4-11(19)5-3-10)21-18(22)16-15-13-8-12(20)6-7-14(13)23-17(15)16/h2-9,15-17H,1H3,(H,21,22). The molecular weight excluding hydrogens is 361 g/mol. The summed E-state index contributed by atoms with van der Waals surface area (Å²) in [5, 5.41) is 3.02. The number of fused-ring (bicyclic) bond motifs is 3. The fourth-order valence-electron chi connectivity index (χ4n) is 3.29. The SMILES string of the molecule is CC(NC(=O)C1C2Oc3ccc(F)cc3C21)c1ccc(Br)cc1. The predicted molar refractivity (Wildman–Crippen MR) is 87.7 cm³/mol. The van der Waals surface area contributed by atoms with Crippen molar-refractivity contribution < 1.29 is 13.9 Å². The molecule has 1 saturated carbocycles. The van der Waals surface area contributed by atoms with Crippen LogP contribution in [-0.2, 0) is 4.79 Å². The van der Waals surface area contributed by atoms with Crippen LogP contribution in [0.15, 0.2) is 46.9 Å². The fraction of sp³-hybridized carbons (Fsp3) is 0.278. The largest absolute Gasteiger partial charge is 0.489 e. The molecule has 118 valence electrons. The maximum Gasteiger partial charge on any atom is 0.228 e. The number of hydrogen-bond donors (Lipinski definition) is 1. The van der Waals surface area contributed by atoms with Crippen LogP contribution in [0.4, 0.5) is 4.39 Å². The predicted octanol–water partition coefficient (Wildman–Crippen LogP) is 3.94. The minimum atomic E-state index is -0.290. The molecule has 0 radical (unpaired) electrons. The van der Waals surface area contributed by atoms with Crippen molar-refractivity contribution >= 4 is 21.8 Å². The molecule has 1 amide bonds. The molecule has 3 nitrogen and oxygen atoms in total. The van der Waals surface area contributed by atoms with Crippen molar-refractivity contribution in [2.75, 3.05) is 0 Å². The summed E-state index contributed by atoms with van der Waals surface area (Å²) in [4.78, 5) is 12.5. The van der Waals surface area contributed by atoms with E-state index in [1.165, 1.54) is 12.1 Å². The molecule has 1 heterocycles. The summed E-state index contributed by atoms with van der Waals surface area (Å²) in [6.45, 7) is 1.95. The van der Waals surface area contributed by atoms with Gasteiger partial charge in [-0.3, -0.25) is 4.79 Å². The number of carbonyl (C=O) groups excluding carboxylic acids is 1. The number of ether oxygens (including phenoxy) is 1. The second kappa shape index (κ2) is 5.34. The maximum absolute atomic E-state index is 13.4. The molecule has 1 N–H and O–H groups in total. The molecule has 2 aliphatic rings. The second-order valence-electron chi connectivity index (χ2n) is 6.10. The molecule has 0 bridgehead atoms. The minimum absolute atomic E-state index is 0.0159. The van der Waals surface area contributed by atoms with Gasteiger partial charge in [0.2, 0.25) is 5.91 Å². The van der Waals surface area contributed by atoms with Gasteiger partial charge in [0.25, 0.3) is 0 Å². The number of nitrogens with one attached hydrogen (secondary N) is 1. The summed E-state index contributed by atoms with van der Waals surface area (Å²) in [6.07, 6.45) is -0.149. The first-order valence-electron chi connectivity index (χ1n) is 7.56. The molecule has 4 rings (SSSR count). The normalized spacial score (nSPS) is 25.1. The zero-order chi connectivity index (χ0) is 16.1. The number of rotatable bonds is 3. The van der Waals surface area contributed by atoms with Crippen LogP contribution in [0.2, 0.25) is 0 Å². The van der Waals surface area contributed by atoms with Gasteiger partial charge in [0.05, 0.1) is 12.0 Å². The summed E-state index contributed by atoms with van der Waals surface area (Å²) in [5.41, 5.74) is 1.85. The summed E-state index contributed by atoms with van der Waals surface area (Å²) in [7, 11) is 0. The second-order valence-corrected chi connectivity index (χ2v) is 7.01. The van der Waals surface area contributed by atoms with Crippen LogP contribution in [0.5, 0.6) is 5.75 Å². The molecule has 0 saturated heterocycles. The number of carbonyl (C=O) groups is 1. The molecule has 0 spiro atoms. The van der Waals surface area contributed by atoms with Gasteiger partial charge >= 0.3 is 0 Å². The van der Waals surface area contributed by atoms with Crippen LogP contribution in [0.3, 0.4) is 0 Å². The van der Waals surface area contributed by atoms with Crippen LogP contribution in [0.25, 0.3) is 0 Å². The van der Waals surface area contributed by atoms with Crippen molar-refractivity contribution in [1.29, 1.82) is 0 Å². The zero-order valence-electron chi connectivity index (χ0n) is 12.4. The molecule has 2 aromatic rings. The Hall–Kier alpha value is -1.88. The summed E-state index contributed by atoms with van der Waals surface area (Å²) in [6, 6.07) is 12.3. The molecule has 23 heavy (non-hydrogen) atoms. The first-order valence-corrected chi connectivity index (χ1v) is 8.36. The molecular formula is C18H15BrFNO2. The van der Waals surface area contributed by atoms with Gasteiger partial charge in [-0.1, -0.05) is 28.1 Å². The van der Waals surface area contributed by atoms with Gasteiger partial charge in [0.1, 0.15) is 17.7 Å². The van der Waals surface area contributed by atoms with Crippen LogP contribution in [0, 0.1) is 11.7 Å². The van der Waals surface area contributed by atoms with Gasteiger partial charge in [0.15, 0.2) is 0 Å². The van der Waals surface area contributed by atoms with E-state index in [2.05, 4.69) is 21.2 Å². The van der Waals surface area contributed by atoms with E-state index in [-0.39, 0.29) is 35.7 Å². The lowest BCUT2D eigenvalue weighted by Gasteiger charge is -2.15. The highest BCUT2D eigenvalue weighted by molar-refractivity contribution is 9.10. The summed E-state index contributed by atoms with van der Waals surface area (Å²) < 4.78 is 20.1. The maximum atomic E-state index is 13.4. The van der Waals surface area contributed by atoms with Gasteiger partial charge in [0, 0.05) is 16.0 Å². The van der Waals surface area contributed by atoms with Crippen LogP contribution in [0.1, 0.15) is 30.0 Å². The number of halogens is 2. The highest BCUT2D eigenvalue weighted by Gasteiger charge is 2.62. The highest BCUT2D eigenvalue weighted by atomic mass is 79.9. The number of hydrogen-bond acceptors (Lipinski definition) is 2. The summed E-state index contributed by atoms with van der Waals surface area (Å²) in [5.74, 6) is 0.138. The summed E-state index contributed by atoms with van der Waals surface area (Å²) >= 11 is 3.40. The van der Waals surface area contributed by atoms with Crippen molar-refractivity contribution in [3.05, 3.63) is 63.9 Å². The van der Waals surface area contributed by atoms with Crippen molar-refractivity contribution in [2.24, 2.45) is 5.92 Å². The third-order valence-electron chi connectivity index (χ3n) is 4.58. The fourth-order valence-corrected chi connectivity index (χ4v) is 3.55. The Balaban J connectivity index is 1.45. The van der Waals surface area contributed by atoms with Crippen molar-refractivity contribution in [3.63, 3.8) is 0 Å². The van der Waals surface area contributed by atoms with E-state index in [4.69, 9.17) is 4.74 Å². The molecule has 1 fully saturated rings. The Morgan fingerprint density at radius 1 is 1.26 bits per heavy atom. The van der Waals surface area contributed by atoms with Crippen molar-refractivity contribution in [2.45, 2.75) is 25.0 Å². The van der Waals surface area contributed by atoms with Gasteiger partial charge < -0.3 is 10.1 Å². The lowest BCUT2D eigenvalue weighted by atomic mass is 10.1. The Labute approximate surface area is 142 Å². The molecule has 0 aromatic heterocycles. The first kappa shape index (κ1) is 14.7. The topological polar surface area (TPSA) is 38.3 Å². The van der Waals surface area contributed by atoms with E-state index in [1.54, 1.807) is 6.07 Å². The average molecular weight is 376 g/mol. The van der Waals surface area contributed by atoms with Gasteiger partial charge in [-0.05, 0) is 42.8 Å². The van der Waals surface area contributed by atoms with E-state index in [0.29, 0.717) is 5.75 Å². The molecule has 5 heteroatoms. The van der Waals surface area contributed by atoms with Gasteiger partial charge in [-0.25, -0.2) is 4.39 Å². The van der Waals surface area contributed by atoms with Crippen LogP contribution < -0.4 is 10.1 Å². The Kier molecular flexibility index (Phi) is 3.41. The third kappa shape index (κ3) is 2.53. The first-order chi connectivity index (χ1) is 11.0. The monoisotopic (exact) mass is 375 g/mol. The Morgan fingerprint density at radius 2 is 2.00 bits per heavy atom. The molecule has 1 aliphatic carbocycles. The third-order valence-corrected chi connectivity index (χ3v) is 5.11. The molecule has 4 unspecified atom stereocenters. The smallest absolute Gasteiger partial charge is 0.228 e. The molecule has 4 atom stereocenters. The Morgan fingerprint density at radius 3 is 2.74 bits per heavy atom. The van der Waals surface area contributed by atoms with E-state index in [1.807, 2.05) is 31.2 Å². The lowest BCUT2D eigenvalue weighted by molar-refractivity contribution is -0.123. The van der Waals surface area contributed by atoms with E-state index >= 15 is 0 Å². The van der Waals surface area contributed by atoms with Gasteiger partial charge in [-0.2, -0.15) is 0 Å². The van der Waals surface area contributed by atoms with Crippen molar-refractivity contribution in [1.82, 2.24) is 5.32 Å². The van der Waals surface area contributed by atoms with E-state index in [9.17, 15) is 9.18 Å². The quantitative estimate of drug-likeness (QED) is 0.882. The average Bonchev–Trinajstić information content (AvgIpc) is 3.13. The number of benzene rings is 2. The van der Waals surface area contributed by atoms with Crippen LogP contribution >= 0.6 is 15.9 Å². The van der Waals surface area contributed by atoms with Gasteiger partial charge in [-0.15, -0.1) is 0 Å². The van der Waals surface area contributed by atoms with E-state index in [0.717, 1.165) is 15.6 Å². The van der Waals surface area contributed by atoms with E-state index < -0.39 is 0 Å².